The van der Waals surface area contributed by atoms with Gasteiger partial charge in [-0.2, -0.15) is 0 Å². The van der Waals surface area contributed by atoms with Crippen molar-refractivity contribution in [2.45, 2.75) is 20.3 Å². The van der Waals surface area contributed by atoms with Gasteiger partial charge in [-0.3, -0.25) is 0 Å². The molecule has 1 aliphatic carbocycles. The predicted molar refractivity (Wildman–Crippen MR) is 130 cm³/mol. The second kappa shape index (κ2) is 8.39. The lowest BCUT2D eigenvalue weighted by atomic mass is 10.00. The van der Waals surface area contributed by atoms with Crippen LogP contribution in [-0.2, 0) is 0 Å². The molecule has 0 saturated carbocycles. The van der Waals surface area contributed by atoms with E-state index >= 15 is 0 Å². The molecule has 0 atom stereocenters. The van der Waals surface area contributed by atoms with Crippen LogP contribution in [0.2, 0.25) is 0 Å². The van der Waals surface area contributed by atoms with Crippen LogP contribution in [-0.4, -0.2) is 14.1 Å². The fraction of sp³-hybridized carbons (Fsp3) is 0.185. The molecule has 2 heteroatoms. The highest BCUT2D eigenvalue weighted by atomic mass is 31.1. The van der Waals surface area contributed by atoms with Crippen molar-refractivity contribution in [3.05, 3.63) is 102 Å². The Kier molecular flexibility index (Phi) is 5.69. The van der Waals surface area contributed by atoms with E-state index in [0.717, 1.165) is 6.42 Å². The molecule has 1 aliphatic rings. The maximum Gasteiger partial charge on any atom is 0.0368 e. The third kappa shape index (κ3) is 3.93. The molecule has 0 N–H and O–H groups in total. The fourth-order valence-electron chi connectivity index (χ4n) is 3.93. The summed E-state index contributed by atoms with van der Waals surface area (Å²) in [6.45, 7) is 4.50. The molecule has 4 rings (SSSR count). The van der Waals surface area contributed by atoms with Crippen molar-refractivity contribution in [1.82, 2.24) is 0 Å². The van der Waals surface area contributed by atoms with Crippen molar-refractivity contribution in [2.75, 3.05) is 19.0 Å². The van der Waals surface area contributed by atoms with Crippen LogP contribution in [0, 0.1) is 0 Å². The lowest BCUT2D eigenvalue weighted by molar-refractivity contribution is 1.13. The molecule has 0 aromatic heterocycles. The van der Waals surface area contributed by atoms with Crippen molar-refractivity contribution < 1.29 is 0 Å². The molecule has 1 nitrogen and oxygen atoms in total. The summed E-state index contributed by atoms with van der Waals surface area (Å²) in [6, 6.07) is 29.0. The van der Waals surface area contributed by atoms with Crippen LogP contribution in [0.1, 0.15) is 25.8 Å². The number of anilines is 1. The number of benzene rings is 3. The van der Waals surface area contributed by atoms with Gasteiger partial charge in [0.2, 0.25) is 0 Å². The first-order valence-corrected chi connectivity index (χ1v) is 11.5. The Morgan fingerprint density at radius 1 is 0.759 bits per heavy atom. The van der Waals surface area contributed by atoms with E-state index in [1.165, 1.54) is 43.9 Å². The van der Waals surface area contributed by atoms with E-state index in [1.807, 2.05) is 0 Å². The minimum atomic E-state index is -0.641. The zero-order chi connectivity index (χ0) is 20.4. The predicted octanol–water partition coefficient (Wildman–Crippen LogP) is 5.63. The van der Waals surface area contributed by atoms with Crippen LogP contribution in [0.15, 0.2) is 96.1 Å². The number of rotatable bonds is 5. The van der Waals surface area contributed by atoms with Crippen molar-refractivity contribution in [2.24, 2.45) is 0 Å². The topological polar surface area (TPSA) is 3.24 Å². The van der Waals surface area contributed by atoms with E-state index in [4.69, 9.17) is 0 Å². The average Bonchev–Trinajstić information content (AvgIpc) is 3.08. The molecular weight excluding hydrogens is 369 g/mol. The first-order chi connectivity index (χ1) is 14.1. The Hall–Kier alpha value is -2.63. The molecule has 0 fully saturated rings. The quantitative estimate of drug-likeness (QED) is 0.504. The third-order valence-electron chi connectivity index (χ3n) is 5.75. The summed E-state index contributed by atoms with van der Waals surface area (Å²) in [4.78, 5) is 2.20. The van der Waals surface area contributed by atoms with Gasteiger partial charge in [0.1, 0.15) is 0 Å². The van der Waals surface area contributed by atoms with E-state index in [0.29, 0.717) is 0 Å². The van der Waals surface area contributed by atoms with Gasteiger partial charge >= 0.3 is 0 Å². The molecule has 0 spiro atoms. The lowest BCUT2D eigenvalue weighted by Gasteiger charge is -2.25. The molecular formula is C27H28NP. The summed E-state index contributed by atoms with van der Waals surface area (Å²) >= 11 is 0. The molecule has 0 saturated heterocycles. The monoisotopic (exact) mass is 397 g/mol. The number of hydrogen-bond acceptors (Lipinski definition) is 1. The second-order valence-corrected chi connectivity index (χ2v) is 9.98. The Bertz CT molecular complexity index is 1020. The molecule has 0 radical (unpaired) electrons. The van der Waals surface area contributed by atoms with Crippen molar-refractivity contribution in [3.63, 3.8) is 0 Å². The van der Waals surface area contributed by atoms with E-state index < -0.39 is 7.92 Å². The molecule has 146 valence electrons. The highest BCUT2D eigenvalue weighted by Crippen LogP contribution is 2.40. The number of nitrogens with zero attached hydrogens (tertiary/aromatic N) is 1. The summed E-state index contributed by atoms with van der Waals surface area (Å²) in [5, 5.41) is 4.24. The van der Waals surface area contributed by atoms with Crippen LogP contribution in [0.3, 0.4) is 0 Å². The molecule has 0 unspecified atom stereocenters. The molecule has 3 aromatic carbocycles. The second-order valence-electron chi connectivity index (χ2n) is 7.80. The van der Waals surface area contributed by atoms with Crippen LogP contribution in [0.4, 0.5) is 5.69 Å². The third-order valence-corrected chi connectivity index (χ3v) is 8.23. The Labute approximate surface area is 176 Å². The van der Waals surface area contributed by atoms with Gasteiger partial charge in [0.15, 0.2) is 0 Å². The van der Waals surface area contributed by atoms with Gasteiger partial charge in [0.25, 0.3) is 0 Å². The summed E-state index contributed by atoms with van der Waals surface area (Å²) in [5.74, 6) is 0. The smallest absolute Gasteiger partial charge is 0.0368 e. The maximum atomic E-state index is 2.41. The molecule has 0 aliphatic heterocycles. The Morgan fingerprint density at radius 3 is 1.83 bits per heavy atom. The van der Waals surface area contributed by atoms with Gasteiger partial charge < -0.3 is 4.90 Å². The molecule has 0 amide bonds. The molecule has 0 heterocycles. The highest BCUT2D eigenvalue weighted by molar-refractivity contribution is 7.80. The summed E-state index contributed by atoms with van der Waals surface area (Å²) in [7, 11) is 3.60. The Morgan fingerprint density at radius 2 is 1.34 bits per heavy atom. The van der Waals surface area contributed by atoms with E-state index in [2.05, 4.69) is 118 Å². The van der Waals surface area contributed by atoms with Gasteiger partial charge in [-0.15, -0.1) is 0 Å². The van der Waals surface area contributed by atoms with Crippen LogP contribution >= 0.6 is 7.92 Å². The van der Waals surface area contributed by atoms with Crippen molar-refractivity contribution in [3.8, 4) is 0 Å². The molecule has 0 bridgehead atoms. The minimum Gasteiger partial charge on any atom is -0.378 e. The van der Waals surface area contributed by atoms with Crippen molar-refractivity contribution in [1.29, 1.82) is 0 Å². The lowest BCUT2D eigenvalue weighted by Crippen LogP contribution is -2.24. The normalized spacial score (nSPS) is 13.8. The highest BCUT2D eigenvalue weighted by Gasteiger charge is 2.24. The van der Waals surface area contributed by atoms with Crippen LogP contribution in [0.25, 0.3) is 5.57 Å². The fourth-order valence-corrected chi connectivity index (χ4v) is 6.44. The van der Waals surface area contributed by atoms with E-state index in [-0.39, 0.29) is 0 Å². The molecule has 3 aromatic rings. The Balaban J connectivity index is 1.97. The zero-order valence-corrected chi connectivity index (χ0v) is 18.6. The summed E-state index contributed by atoms with van der Waals surface area (Å²) < 4.78 is 0. The van der Waals surface area contributed by atoms with Crippen LogP contribution < -0.4 is 20.8 Å². The maximum absolute atomic E-state index is 2.41. The minimum absolute atomic E-state index is 0.641. The average molecular weight is 398 g/mol. The van der Waals surface area contributed by atoms with Gasteiger partial charge in [-0.05, 0) is 72.9 Å². The van der Waals surface area contributed by atoms with Gasteiger partial charge in [-0.1, -0.05) is 78.4 Å². The SMILES string of the molecule is CC1=CCC(c2ccc(N(C)C)cc2P(c2ccccc2)c2ccccc2)=C1C. The summed E-state index contributed by atoms with van der Waals surface area (Å²) in [6.07, 6.45) is 3.39. The standard InChI is InChI=1S/C27H28NP/c1-20-15-17-25(21(20)2)26-18-16-22(28(3)4)19-27(26)29(23-11-7-5-8-12-23)24-13-9-6-10-14-24/h5-16,18-19H,17H2,1-4H3. The molecule has 29 heavy (non-hydrogen) atoms. The largest absolute Gasteiger partial charge is 0.378 e. The summed E-state index contributed by atoms with van der Waals surface area (Å²) in [5.41, 5.74) is 6.97. The van der Waals surface area contributed by atoms with Gasteiger partial charge in [-0.25, -0.2) is 0 Å². The first kappa shape index (κ1) is 19.7. The van der Waals surface area contributed by atoms with Gasteiger partial charge in [0, 0.05) is 19.8 Å². The van der Waals surface area contributed by atoms with E-state index in [1.54, 1.807) is 0 Å². The van der Waals surface area contributed by atoms with Crippen molar-refractivity contribution >= 4 is 35.1 Å². The first-order valence-electron chi connectivity index (χ1n) is 10.1. The number of allylic oxidation sites excluding steroid dienone is 4. The van der Waals surface area contributed by atoms with E-state index in [9.17, 15) is 0 Å². The number of hydrogen-bond donors (Lipinski definition) is 0. The van der Waals surface area contributed by atoms with Gasteiger partial charge in [0.05, 0.1) is 0 Å². The zero-order valence-electron chi connectivity index (χ0n) is 17.7. The van der Waals surface area contributed by atoms with Crippen LogP contribution in [0.5, 0.6) is 0 Å².